The topological polar surface area (TPSA) is 24.9 Å². The van der Waals surface area contributed by atoms with E-state index < -0.39 is 0 Å². The van der Waals surface area contributed by atoms with Crippen molar-refractivity contribution in [1.82, 2.24) is 4.98 Å². The van der Waals surface area contributed by atoms with Gasteiger partial charge in [-0.2, -0.15) is 0 Å². The van der Waals surface area contributed by atoms with E-state index in [4.69, 9.17) is 11.6 Å². The van der Waals surface area contributed by atoms with Gasteiger partial charge in [0.15, 0.2) is 0 Å². The average Bonchev–Trinajstić information content (AvgIpc) is 2.40. The van der Waals surface area contributed by atoms with Gasteiger partial charge in [-0.25, -0.2) is 4.98 Å². The fourth-order valence-electron chi connectivity index (χ4n) is 5.59. The number of aromatic nitrogens is 1. The molecule has 0 aromatic carbocycles. The Morgan fingerprint density at radius 3 is 2.33 bits per heavy atom. The van der Waals surface area contributed by atoms with Crippen molar-refractivity contribution in [3.8, 4) is 0 Å². The summed E-state index contributed by atoms with van der Waals surface area (Å²) in [6.45, 7) is 2.36. The first kappa shape index (κ1) is 14.3. The second kappa shape index (κ2) is 5.13. The molecule has 0 amide bonds. The molecule has 21 heavy (non-hydrogen) atoms. The number of anilines is 1. The fraction of sp³-hybridized carbons (Fsp3) is 0.706. The zero-order chi connectivity index (χ0) is 14.6. The first-order chi connectivity index (χ1) is 10.0. The van der Waals surface area contributed by atoms with E-state index in [0.29, 0.717) is 16.5 Å². The Bertz CT molecular complexity index is 524. The van der Waals surface area contributed by atoms with Crippen molar-refractivity contribution in [3.63, 3.8) is 0 Å². The smallest absolute Gasteiger partial charge is 0.140 e. The molecule has 0 aliphatic heterocycles. The molecule has 1 unspecified atom stereocenters. The largest absolute Gasteiger partial charge is 0.366 e. The number of halogens is 2. The van der Waals surface area contributed by atoms with Crippen LogP contribution in [0.5, 0.6) is 0 Å². The lowest BCUT2D eigenvalue weighted by Crippen LogP contribution is -2.53. The van der Waals surface area contributed by atoms with Crippen molar-refractivity contribution in [2.75, 3.05) is 5.32 Å². The number of pyridine rings is 1. The molecule has 4 saturated carbocycles. The molecule has 2 nitrogen and oxygen atoms in total. The van der Waals surface area contributed by atoms with Gasteiger partial charge in [-0.3, -0.25) is 0 Å². The second-order valence-electron chi connectivity index (χ2n) is 7.63. The van der Waals surface area contributed by atoms with Gasteiger partial charge in [0, 0.05) is 12.2 Å². The summed E-state index contributed by atoms with van der Waals surface area (Å²) in [6, 6.07) is 2.40. The molecule has 5 rings (SSSR count). The molecule has 4 aliphatic rings. The maximum Gasteiger partial charge on any atom is 0.140 e. The lowest BCUT2D eigenvalue weighted by Gasteiger charge is -2.59. The van der Waals surface area contributed by atoms with E-state index >= 15 is 0 Å². The summed E-state index contributed by atoms with van der Waals surface area (Å²) in [4.78, 5) is 4.46. The van der Waals surface area contributed by atoms with E-state index in [1.54, 1.807) is 6.20 Å². The minimum atomic E-state index is 0.482. The maximum atomic E-state index is 5.99. The Labute approximate surface area is 140 Å². The summed E-state index contributed by atoms with van der Waals surface area (Å²) in [5, 5.41) is 4.35. The first-order valence-electron chi connectivity index (χ1n) is 8.12. The van der Waals surface area contributed by atoms with Gasteiger partial charge in [-0.05, 0) is 90.6 Å². The number of nitrogens with one attached hydrogen (secondary N) is 1. The van der Waals surface area contributed by atoms with E-state index in [2.05, 4.69) is 33.2 Å². The van der Waals surface area contributed by atoms with E-state index in [9.17, 15) is 0 Å². The van der Waals surface area contributed by atoms with Crippen LogP contribution in [0.4, 0.5) is 5.82 Å². The van der Waals surface area contributed by atoms with E-state index in [1.807, 2.05) is 6.07 Å². The number of rotatable bonds is 3. The van der Waals surface area contributed by atoms with Crippen LogP contribution in [-0.4, -0.2) is 11.0 Å². The van der Waals surface area contributed by atoms with Crippen LogP contribution in [0.2, 0.25) is 5.02 Å². The zero-order valence-electron chi connectivity index (χ0n) is 12.4. The predicted octanol–water partition coefficient (Wildman–Crippen LogP) is 5.51. The highest BCUT2D eigenvalue weighted by Gasteiger charge is 2.53. The first-order valence-corrected chi connectivity index (χ1v) is 9.29. The molecule has 1 N–H and O–H groups in total. The highest BCUT2D eigenvalue weighted by atomic mass is 79.9. The van der Waals surface area contributed by atoms with Crippen molar-refractivity contribution in [2.24, 2.45) is 23.2 Å². The van der Waals surface area contributed by atoms with Gasteiger partial charge >= 0.3 is 0 Å². The molecular formula is C17H22BrClN2. The van der Waals surface area contributed by atoms with Crippen LogP contribution in [0.1, 0.15) is 45.4 Å². The van der Waals surface area contributed by atoms with E-state index in [0.717, 1.165) is 28.0 Å². The Morgan fingerprint density at radius 2 is 1.81 bits per heavy atom. The summed E-state index contributed by atoms with van der Waals surface area (Å²) in [6.07, 6.45) is 10.5. The van der Waals surface area contributed by atoms with Gasteiger partial charge < -0.3 is 5.32 Å². The highest BCUT2D eigenvalue weighted by Crippen LogP contribution is 2.61. The molecule has 1 atom stereocenters. The van der Waals surface area contributed by atoms with Gasteiger partial charge in [0.1, 0.15) is 5.82 Å². The van der Waals surface area contributed by atoms with Crippen molar-refractivity contribution in [2.45, 2.75) is 51.5 Å². The van der Waals surface area contributed by atoms with Crippen LogP contribution in [0.25, 0.3) is 0 Å². The summed E-state index contributed by atoms with van der Waals surface area (Å²) >= 11 is 9.57. The van der Waals surface area contributed by atoms with E-state index in [1.165, 1.54) is 38.5 Å². The molecule has 1 aromatic rings. The zero-order valence-corrected chi connectivity index (χ0v) is 14.8. The van der Waals surface area contributed by atoms with Gasteiger partial charge in [0.2, 0.25) is 0 Å². The highest BCUT2D eigenvalue weighted by molar-refractivity contribution is 9.10. The van der Waals surface area contributed by atoms with Gasteiger partial charge in [0.25, 0.3) is 0 Å². The fourth-order valence-corrected chi connectivity index (χ4v) is 6.34. The molecule has 1 aromatic heterocycles. The second-order valence-corrected chi connectivity index (χ2v) is 8.92. The van der Waals surface area contributed by atoms with Gasteiger partial charge in [-0.15, -0.1) is 0 Å². The van der Waals surface area contributed by atoms with Crippen LogP contribution >= 0.6 is 27.5 Å². The molecule has 0 radical (unpaired) electrons. The van der Waals surface area contributed by atoms with Crippen molar-refractivity contribution in [1.29, 1.82) is 0 Å². The maximum absolute atomic E-state index is 5.99. The van der Waals surface area contributed by atoms with E-state index in [-0.39, 0.29) is 0 Å². The van der Waals surface area contributed by atoms with Gasteiger partial charge in [-0.1, -0.05) is 11.6 Å². The normalized spacial score (nSPS) is 38.5. The molecule has 0 saturated heterocycles. The molecule has 114 valence electrons. The third kappa shape index (κ3) is 2.50. The minimum Gasteiger partial charge on any atom is -0.366 e. The molecule has 4 fully saturated rings. The third-order valence-corrected chi connectivity index (χ3v) is 6.98. The molecule has 1 heterocycles. The quantitative estimate of drug-likeness (QED) is 0.759. The minimum absolute atomic E-state index is 0.482. The molecule has 4 bridgehead atoms. The van der Waals surface area contributed by atoms with Crippen LogP contribution < -0.4 is 5.32 Å². The standard InChI is InChI=1S/C17H22BrClN2/c1-10(21-16-15(18)5-14(19)9-20-16)17-6-11-2-12(7-17)4-13(3-11)8-17/h5,9-13H,2-4,6-8H2,1H3,(H,20,21). The summed E-state index contributed by atoms with van der Waals surface area (Å²) in [5.41, 5.74) is 0.496. The van der Waals surface area contributed by atoms with Crippen LogP contribution in [-0.2, 0) is 0 Å². The molecule has 4 aliphatic carbocycles. The Balaban J connectivity index is 1.56. The summed E-state index contributed by atoms with van der Waals surface area (Å²) in [7, 11) is 0. The van der Waals surface area contributed by atoms with Crippen molar-refractivity contribution in [3.05, 3.63) is 21.8 Å². The van der Waals surface area contributed by atoms with Gasteiger partial charge in [0.05, 0.1) is 9.50 Å². The van der Waals surface area contributed by atoms with Crippen LogP contribution in [0.15, 0.2) is 16.7 Å². The Kier molecular flexibility index (Phi) is 3.50. The van der Waals surface area contributed by atoms with Crippen LogP contribution in [0, 0.1) is 23.2 Å². The summed E-state index contributed by atoms with van der Waals surface area (Å²) < 4.78 is 0.964. The van der Waals surface area contributed by atoms with Crippen LogP contribution in [0.3, 0.4) is 0 Å². The van der Waals surface area contributed by atoms with Crippen molar-refractivity contribution < 1.29 is 0 Å². The summed E-state index contributed by atoms with van der Waals surface area (Å²) in [5.74, 6) is 3.90. The number of hydrogen-bond donors (Lipinski definition) is 1. The molecule has 0 spiro atoms. The Morgan fingerprint density at radius 1 is 1.24 bits per heavy atom. The number of nitrogens with zero attached hydrogens (tertiary/aromatic N) is 1. The number of hydrogen-bond acceptors (Lipinski definition) is 2. The lowest BCUT2D eigenvalue weighted by atomic mass is 9.48. The average molecular weight is 370 g/mol. The predicted molar refractivity (Wildman–Crippen MR) is 90.6 cm³/mol. The third-order valence-electron chi connectivity index (χ3n) is 6.17. The van der Waals surface area contributed by atoms with Crippen molar-refractivity contribution >= 4 is 33.3 Å². The SMILES string of the molecule is CC(Nc1ncc(Cl)cc1Br)C12CC3CC(CC(C3)C1)C2. The Hall–Kier alpha value is -0.280. The molecular weight excluding hydrogens is 348 g/mol. The molecule has 4 heteroatoms. The lowest BCUT2D eigenvalue weighted by molar-refractivity contribution is -0.0603. The monoisotopic (exact) mass is 368 g/mol.